The number of amides is 1. The molecular formula is C19H30N6O. The fourth-order valence-corrected chi connectivity index (χ4v) is 3.63. The van der Waals surface area contributed by atoms with Crippen molar-refractivity contribution in [1.29, 1.82) is 0 Å². The summed E-state index contributed by atoms with van der Waals surface area (Å²) in [5, 5.41) is 3.39. The van der Waals surface area contributed by atoms with Gasteiger partial charge < -0.3 is 20.9 Å². The number of likely N-dealkylation sites (N-methyl/N-ethyl adjacent to an activating group) is 1. The zero-order chi connectivity index (χ0) is 18.5. The van der Waals surface area contributed by atoms with E-state index < -0.39 is 0 Å². The van der Waals surface area contributed by atoms with Gasteiger partial charge in [-0.2, -0.15) is 4.98 Å². The molecule has 1 aromatic rings. The largest absolute Gasteiger partial charge is 0.368 e. The number of hydrogen-bond acceptors (Lipinski definition) is 6. The van der Waals surface area contributed by atoms with Gasteiger partial charge in [0, 0.05) is 44.6 Å². The average molecular weight is 358 g/mol. The van der Waals surface area contributed by atoms with E-state index in [1.165, 1.54) is 0 Å². The lowest BCUT2D eigenvalue weighted by atomic mass is 10.0. The van der Waals surface area contributed by atoms with Crippen LogP contribution in [0.5, 0.6) is 0 Å². The first-order chi connectivity index (χ1) is 12.5. The van der Waals surface area contributed by atoms with Gasteiger partial charge in [0.25, 0.3) is 0 Å². The molecule has 142 valence electrons. The summed E-state index contributed by atoms with van der Waals surface area (Å²) in [5.74, 6) is 1.78. The van der Waals surface area contributed by atoms with Crippen LogP contribution in [0.25, 0.3) is 0 Å². The van der Waals surface area contributed by atoms with Gasteiger partial charge in [-0.15, -0.1) is 0 Å². The first-order valence-electron chi connectivity index (χ1n) is 9.51. The number of aromatic nitrogens is 2. The second-order valence-electron chi connectivity index (χ2n) is 7.44. The van der Waals surface area contributed by atoms with Crippen LogP contribution in [0.15, 0.2) is 12.2 Å². The number of carbonyl (C=O) groups excluding carboxylic acids is 1. The van der Waals surface area contributed by atoms with E-state index in [0.29, 0.717) is 24.8 Å². The van der Waals surface area contributed by atoms with Crippen molar-refractivity contribution < 1.29 is 4.79 Å². The third kappa shape index (κ3) is 4.72. The van der Waals surface area contributed by atoms with E-state index in [1.807, 2.05) is 19.0 Å². The van der Waals surface area contributed by atoms with E-state index in [-0.39, 0.29) is 5.91 Å². The number of fused-ring (bicyclic) bond motifs is 1. The van der Waals surface area contributed by atoms with E-state index >= 15 is 0 Å². The molecule has 0 radical (unpaired) electrons. The van der Waals surface area contributed by atoms with Crippen molar-refractivity contribution in [3.05, 3.63) is 23.4 Å². The molecular weight excluding hydrogens is 328 g/mol. The fourth-order valence-electron chi connectivity index (χ4n) is 3.63. The maximum Gasteiger partial charge on any atom is 0.223 e. The number of rotatable bonds is 6. The summed E-state index contributed by atoms with van der Waals surface area (Å²) in [4.78, 5) is 25.6. The molecule has 1 unspecified atom stereocenters. The van der Waals surface area contributed by atoms with Gasteiger partial charge in [0.15, 0.2) is 0 Å². The second-order valence-corrected chi connectivity index (χ2v) is 7.44. The molecule has 26 heavy (non-hydrogen) atoms. The van der Waals surface area contributed by atoms with Crippen molar-refractivity contribution >= 4 is 17.7 Å². The Bertz CT molecular complexity index is 672. The predicted molar refractivity (Wildman–Crippen MR) is 104 cm³/mol. The molecule has 0 saturated heterocycles. The molecule has 0 spiro atoms. The van der Waals surface area contributed by atoms with Crippen molar-refractivity contribution in [2.75, 3.05) is 51.3 Å². The lowest BCUT2D eigenvalue weighted by molar-refractivity contribution is -0.131. The maximum absolute atomic E-state index is 12.7. The van der Waals surface area contributed by atoms with Gasteiger partial charge >= 0.3 is 0 Å². The summed E-state index contributed by atoms with van der Waals surface area (Å²) >= 11 is 0. The van der Waals surface area contributed by atoms with Crippen LogP contribution < -0.4 is 11.1 Å². The van der Waals surface area contributed by atoms with E-state index in [0.717, 1.165) is 62.4 Å². The Hall–Kier alpha value is -2.15. The molecule has 3 rings (SSSR count). The Kier molecular flexibility index (Phi) is 6.08. The van der Waals surface area contributed by atoms with Crippen LogP contribution in [-0.2, 0) is 17.6 Å². The van der Waals surface area contributed by atoms with Crippen LogP contribution in [-0.4, -0.2) is 65.9 Å². The number of nitrogens with two attached hydrogens (primary N) is 1. The van der Waals surface area contributed by atoms with Crippen molar-refractivity contribution in [1.82, 2.24) is 19.8 Å². The van der Waals surface area contributed by atoms with Gasteiger partial charge in [-0.1, -0.05) is 12.2 Å². The average Bonchev–Trinajstić information content (AvgIpc) is 2.99. The van der Waals surface area contributed by atoms with Gasteiger partial charge in [-0.05, 0) is 39.3 Å². The molecule has 2 heterocycles. The molecule has 0 fully saturated rings. The number of nitrogens with zero attached hydrogens (tertiary/aromatic N) is 4. The first-order valence-corrected chi connectivity index (χ1v) is 9.51. The lowest BCUT2D eigenvalue weighted by Crippen LogP contribution is -2.34. The van der Waals surface area contributed by atoms with Crippen LogP contribution in [0.2, 0.25) is 0 Å². The molecule has 1 aromatic heterocycles. The van der Waals surface area contributed by atoms with E-state index in [9.17, 15) is 4.79 Å². The van der Waals surface area contributed by atoms with Gasteiger partial charge in [0.2, 0.25) is 11.9 Å². The summed E-state index contributed by atoms with van der Waals surface area (Å²) in [6, 6.07) is 0. The SMILES string of the molecule is CN(C)CCNc1nc(N)nc2c1CCN(C(=O)CC1C=CCC1)CC2. The highest BCUT2D eigenvalue weighted by molar-refractivity contribution is 5.77. The van der Waals surface area contributed by atoms with Gasteiger partial charge in [-0.3, -0.25) is 4.79 Å². The molecule has 3 N–H and O–H groups in total. The molecule has 1 amide bonds. The highest BCUT2D eigenvalue weighted by Crippen LogP contribution is 2.25. The number of anilines is 2. The first kappa shape index (κ1) is 18.6. The van der Waals surface area contributed by atoms with Crippen molar-refractivity contribution in [2.45, 2.75) is 32.1 Å². The minimum Gasteiger partial charge on any atom is -0.368 e. The standard InChI is InChI=1S/C19H30N6O/c1-24(2)12-9-21-18-15-7-10-25(11-8-16(15)22-19(20)23-18)17(26)13-14-5-3-4-6-14/h3,5,14H,4,6-13H2,1-2H3,(H3,20,21,22,23). The number of nitrogen functional groups attached to an aromatic ring is 1. The molecule has 7 nitrogen and oxygen atoms in total. The van der Waals surface area contributed by atoms with Crippen LogP contribution in [0, 0.1) is 5.92 Å². The molecule has 0 aromatic carbocycles. The summed E-state index contributed by atoms with van der Waals surface area (Å²) in [7, 11) is 4.08. The fraction of sp³-hybridized carbons (Fsp3) is 0.632. The lowest BCUT2D eigenvalue weighted by Gasteiger charge is -2.21. The van der Waals surface area contributed by atoms with E-state index in [2.05, 4.69) is 32.3 Å². The molecule has 1 aliphatic heterocycles. The quantitative estimate of drug-likeness (QED) is 0.746. The Labute approximate surface area is 155 Å². The highest BCUT2D eigenvalue weighted by atomic mass is 16.2. The zero-order valence-corrected chi connectivity index (χ0v) is 15.9. The number of nitrogens with one attached hydrogen (secondary N) is 1. The zero-order valence-electron chi connectivity index (χ0n) is 15.9. The Morgan fingerprint density at radius 1 is 1.35 bits per heavy atom. The smallest absolute Gasteiger partial charge is 0.223 e. The van der Waals surface area contributed by atoms with Crippen LogP contribution in [0.1, 0.15) is 30.5 Å². The van der Waals surface area contributed by atoms with E-state index in [1.54, 1.807) is 0 Å². The van der Waals surface area contributed by atoms with Crippen LogP contribution in [0.3, 0.4) is 0 Å². The van der Waals surface area contributed by atoms with Crippen LogP contribution >= 0.6 is 0 Å². The molecule has 0 saturated carbocycles. The third-order valence-electron chi connectivity index (χ3n) is 5.11. The van der Waals surface area contributed by atoms with Gasteiger partial charge in [0.05, 0.1) is 5.69 Å². The molecule has 0 bridgehead atoms. The highest BCUT2D eigenvalue weighted by Gasteiger charge is 2.24. The summed E-state index contributed by atoms with van der Waals surface area (Å²) in [5.41, 5.74) is 7.99. The van der Waals surface area contributed by atoms with Crippen LogP contribution in [0.4, 0.5) is 11.8 Å². The van der Waals surface area contributed by atoms with Gasteiger partial charge in [0.1, 0.15) is 5.82 Å². The Morgan fingerprint density at radius 2 is 2.15 bits per heavy atom. The monoisotopic (exact) mass is 358 g/mol. The summed E-state index contributed by atoms with van der Waals surface area (Å²) < 4.78 is 0. The maximum atomic E-state index is 12.7. The van der Waals surface area contributed by atoms with Crippen molar-refractivity contribution in [3.63, 3.8) is 0 Å². The molecule has 7 heteroatoms. The molecule has 1 aliphatic carbocycles. The summed E-state index contributed by atoms with van der Waals surface area (Å²) in [6.07, 6.45) is 8.68. The predicted octanol–water partition coefficient (Wildman–Crippen LogP) is 1.32. The van der Waals surface area contributed by atoms with Crippen molar-refractivity contribution in [2.24, 2.45) is 5.92 Å². The molecule has 1 atom stereocenters. The summed E-state index contributed by atoms with van der Waals surface area (Å²) in [6.45, 7) is 3.14. The van der Waals surface area contributed by atoms with Crippen molar-refractivity contribution in [3.8, 4) is 0 Å². The minimum absolute atomic E-state index is 0.248. The van der Waals surface area contributed by atoms with E-state index in [4.69, 9.17) is 5.73 Å². The number of carbonyl (C=O) groups is 1. The molecule has 2 aliphatic rings. The Morgan fingerprint density at radius 3 is 2.88 bits per heavy atom. The normalized spacial score (nSPS) is 19.5. The second kappa shape index (κ2) is 8.49. The topological polar surface area (TPSA) is 87.4 Å². The Balaban J connectivity index is 1.66. The van der Waals surface area contributed by atoms with Gasteiger partial charge in [-0.25, -0.2) is 4.98 Å². The number of allylic oxidation sites excluding steroid dienone is 2. The minimum atomic E-state index is 0.248. The number of hydrogen-bond donors (Lipinski definition) is 2. The third-order valence-corrected chi connectivity index (χ3v) is 5.11.